The lowest BCUT2D eigenvalue weighted by atomic mass is 9.94. The molecule has 5 aliphatic heterocycles. The number of hydrogen-bond donors (Lipinski definition) is 2. The highest BCUT2D eigenvalue weighted by molar-refractivity contribution is 6.23. The van der Waals surface area contributed by atoms with Crippen LogP contribution in [0, 0.1) is 17.7 Å². The van der Waals surface area contributed by atoms with Gasteiger partial charge in [-0.2, -0.15) is 5.10 Å². The number of benzene rings is 2. The van der Waals surface area contributed by atoms with Crippen molar-refractivity contribution in [2.24, 2.45) is 11.8 Å². The molecule has 1 unspecified atom stereocenters. The van der Waals surface area contributed by atoms with Gasteiger partial charge in [0.2, 0.25) is 11.8 Å². The van der Waals surface area contributed by atoms with Crippen molar-refractivity contribution in [3.05, 3.63) is 59.7 Å². The lowest BCUT2D eigenvalue weighted by Gasteiger charge is -2.41. The number of H-pyrrole nitrogens is 1. The van der Waals surface area contributed by atoms with E-state index < -0.39 is 29.6 Å². The van der Waals surface area contributed by atoms with Crippen LogP contribution in [0.2, 0.25) is 0 Å². The summed E-state index contributed by atoms with van der Waals surface area (Å²) >= 11 is 0. The fourth-order valence-electron chi connectivity index (χ4n) is 9.74. The molecule has 15 nitrogen and oxygen atoms in total. The van der Waals surface area contributed by atoms with Gasteiger partial charge in [0, 0.05) is 95.1 Å². The van der Waals surface area contributed by atoms with Crippen molar-refractivity contribution >= 4 is 46.0 Å². The highest BCUT2D eigenvalue weighted by Gasteiger charge is 2.45. The number of anilines is 2. The molecule has 2 aromatic heterocycles. The number of piperazine rings is 1. The number of carbonyl (C=O) groups is 4. The van der Waals surface area contributed by atoms with Crippen LogP contribution < -0.4 is 19.9 Å². The number of nitrogens with zero attached hydrogens (tertiary/aromatic N) is 8. The molecule has 1 saturated carbocycles. The number of imide groups is 2. The molecule has 4 aromatic rings. The third-order valence-corrected chi connectivity index (χ3v) is 13.7. The van der Waals surface area contributed by atoms with E-state index in [0.717, 1.165) is 126 Å². The molecule has 4 amide bonds. The number of carbonyl (C=O) groups excluding carboxylic acids is 4. The van der Waals surface area contributed by atoms with E-state index in [1.165, 1.54) is 6.07 Å². The fraction of sp³-hybridized carbons (Fsp3) is 0.523. The van der Waals surface area contributed by atoms with E-state index in [-0.39, 0.29) is 30.1 Å². The van der Waals surface area contributed by atoms with Crippen molar-refractivity contribution in [1.82, 2.24) is 40.2 Å². The zero-order valence-corrected chi connectivity index (χ0v) is 34.0. The predicted molar refractivity (Wildman–Crippen MR) is 221 cm³/mol. The number of hydrogen-bond acceptors (Lipinski definition) is 12. The molecule has 16 heteroatoms. The summed E-state index contributed by atoms with van der Waals surface area (Å²) in [6.07, 6.45) is 8.02. The Hall–Kier alpha value is -5.48. The Bertz CT molecular complexity index is 2340. The quantitative estimate of drug-likeness (QED) is 0.220. The lowest BCUT2D eigenvalue weighted by Crippen LogP contribution is -2.54. The number of aromatic nitrogens is 4. The smallest absolute Gasteiger partial charge is 0.262 e. The van der Waals surface area contributed by atoms with Crippen LogP contribution in [0.4, 0.5) is 15.9 Å². The molecule has 4 saturated heterocycles. The number of halogens is 1. The standard InChI is InChI=1S/C44H51FN10O5/c1-44(10-11-44)60-37-21-32-34(22-33(37)45)49-50-40(32)35-23-38(47-26-46-35)54-14-8-28(9-15-54)25-52-18-16-51(17-19-52)24-27-6-12-53(13-7-27)29-2-3-30-31(20-29)43(59)55(42(30)58)36-4-5-39(56)48-41(36)57/h2-3,20-23,26-28,36H,4-19,24-25H2,1H3,(H,49,50)(H,48,56,57). The summed E-state index contributed by atoms with van der Waals surface area (Å²) in [5.74, 6) is 0.0717. The van der Waals surface area contributed by atoms with Gasteiger partial charge in [-0.05, 0) is 88.0 Å². The number of rotatable bonds is 10. The summed E-state index contributed by atoms with van der Waals surface area (Å²) in [6.45, 7) is 12.2. The van der Waals surface area contributed by atoms with Gasteiger partial charge < -0.3 is 24.3 Å². The molecule has 1 aliphatic carbocycles. The van der Waals surface area contributed by atoms with Gasteiger partial charge >= 0.3 is 0 Å². The summed E-state index contributed by atoms with van der Waals surface area (Å²) in [5.41, 5.74) is 3.24. The number of fused-ring (bicyclic) bond motifs is 2. The first-order chi connectivity index (χ1) is 29.1. The maximum Gasteiger partial charge on any atom is 0.262 e. The summed E-state index contributed by atoms with van der Waals surface area (Å²) in [7, 11) is 0. The monoisotopic (exact) mass is 818 g/mol. The minimum atomic E-state index is -0.959. The van der Waals surface area contributed by atoms with Crippen LogP contribution in [-0.4, -0.2) is 136 Å². The van der Waals surface area contributed by atoms with Crippen LogP contribution in [0.15, 0.2) is 42.7 Å². The van der Waals surface area contributed by atoms with Crippen LogP contribution in [0.25, 0.3) is 22.3 Å². The topological polar surface area (TPSA) is 160 Å². The van der Waals surface area contributed by atoms with E-state index in [4.69, 9.17) is 4.74 Å². The maximum atomic E-state index is 14.8. The number of aromatic amines is 1. The van der Waals surface area contributed by atoms with Gasteiger partial charge in [0.25, 0.3) is 11.8 Å². The average molecular weight is 819 g/mol. The van der Waals surface area contributed by atoms with Crippen molar-refractivity contribution in [2.45, 2.75) is 69.9 Å². The first-order valence-corrected chi connectivity index (χ1v) is 21.6. The SMILES string of the molecule is CC1(Oc2cc3c(-c4cc(N5CCC(CN6CCN(CC7CCN(c8ccc9c(c8)C(=O)N(C8CCC(=O)NC8=O)C9=O)CC7)CC6)CC5)ncn4)n[nH]c3cc2F)CC1. The molecule has 5 fully saturated rings. The Morgan fingerprint density at radius 2 is 1.45 bits per heavy atom. The number of piperidine rings is 3. The summed E-state index contributed by atoms with van der Waals surface area (Å²) < 4.78 is 20.8. The van der Waals surface area contributed by atoms with Gasteiger partial charge in [-0.1, -0.05) is 0 Å². The van der Waals surface area contributed by atoms with E-state index in [9.17, 15) is 23.6 Å². The zero-order valence-electron chi connectivity index (χ0n) is 34.0. The molecule has 0 radical (unpaired) electrons. The van der Waals surface area contributed by atoms with Crippen molar-refractivity contribution in [3.63, 3.8) is 0 Å². The van der Waals surface area contributed by atoms with Gasteiger partial charge in [-0.15, -0.1) is 0 Å². The summed E-state index contributed by atoms with van der Waals surface area (Å²) in [4.78, 5) is 70.7. The molecular formula is C44H51FN10O5. The molecule has 60 heavy (non-hydrogen) atoms. The fourth-order valence-corrected chi connectivity index (χ4v) is 9.74. The molecule has 6 aliphatic rings. The van der Waals surface area contributed by atoms with Gasteiger partial charge in [-0.3, -0.25) is 34.5 Å². The molecule has 7 heterocycles. The molecule has 2 aromatic carbocycles. The van der Waals surface area contributed by atoms with Crippen molar-refractivity contribution in [1.29, 1.82) is 0 Å². The molecule has 1 atom stereocenters. The van der Waals surface area contributed by atoms with Crippen LogP contribution in [-0.2, 0) is 9.59 Å². The average Bonchev–Trinajstić information content (AvgIpc) is 3.76. The number of amides is 4. The number of ether oxygens (including phenoxy) is 1. The van der Waals surface area contributed by atoms with Crippen molar-refractivity contribution in [3.8, 4) is 17.1 Å². The maximum absolute atomic E-state index is 14.8. The molecule has 0 bridgehead atoms. The van der Waals surface area contributed by atoms with Crippen molar-refractivity contribution in [2.75, 3.05) is 75.2 Å². The highest BCUT2D eigenvalue weighted by atomic mass is 19.1. The lowest BCUT2D eigenvalue weighted by molar-refractivity contribution is -0.136. The molecule has 2 N–H and O–H groups in total. The van der Waals surface area contributed by atoms with Gasteiger partial charge in [0.05, 0.1) is 22.3 Å². The Kier molecular flexibility index (Phi) is 10.0. The first kappa shape index (κ1) is 38.7. The second-order valence-electron chi connectivity index (χ2n) is 17.9. The number of nitrogens with one attached hydrogen (secondary N) is 2. The highest BCUT2D eigenvalue weighted by Crippen LogP contribution is 2.42. The summed E-state index contributed by atoms with van der Waals surface area (Å²) in [5, 5.41) is 10.5. The Morgan fingerprint density at radius 1 is 0.783 bits per heavy atom. The minimum absolute atomic E-state index is 0.102. The van der Waals surface area contributed by atoms with Crippen LogP contribution >= 0.6 is 0 Å². The van der Waals surface area contributed by atoms with Crippen molar-refractivity contribution < 1.29 is 28.3 Å². The normalized spacial score (nSPS) is 23.1. The van der Waals surface area contributed by atoms with E-state index >= 15 is 0 Å². The zero-order chi connectivity index (χ0) is 41.1. The van der Waals surface area contributed by atoms with Gasteiger partial charge in [-0.25, -0.2) is 14.4 Å². The second kappa shape index (κ2) is 15.5. The molecule has 0 spiro atoms. The second-order valence-corrected chi connectivity index (χ2v) is 17.9. The third-order valence-electron chi connectivity index (χ3n) is 13.7. The van der Waals surface area contributed by atoms with Crippen LogP contribution in [0.1, 0.15) is 79.0 Å². The molecule has 314 valence electrons. The molecule has 10 rings (SSSR count). The Labute approximate surface area is 347 Å². The largest absolute Gasteiger partial charge is 0.484 e. The van der Waals surface area contributed by atoms with E-state index in [1.54, 1.807) is 24.5 Å². The predicted octanol–water partition coefficient (Wildman–Crippen LogP) is 4.24. The van der Waals surface area contributed by atoms with Crippen LogP contribution in [0.5, 0.6) is 5.75 Å². The summed E-state index contributed by atoms with van der Waals surface area (Å²) in [6, 6.07) is 9.62. The first-order valence-electron chi connectivity index (χ1n) is 21.6. The Balaban J connectivity index is 0.669. The molecular weight excluding hydrogens is 768 g/mol. The van der Waals surface area contributed by atoms with E-state index in [0.29, 0.717) is 39.9 Å². The van der Waals surface area contributed by atoms with E-state index in [1.807, 2.05) is 19.1 Å². The van der Waals surface area contributed by atoms with Gasteiger partial charge in [0.1, 0.15) is 29.5 Å². The van der Waals surface area contributed by atoms with E-state index in [2.05, 4.69) is 45.1 Å². The third kappa shape index (κ3) is 7.59. The Morgan fingerprint density at radius 3 is 2.12 bits per heavy atom. The minimum Gasteiger partial charge on any atom is -0.484 e. The van der Waals surface area contributed by atoms with Crippen LogP contribution in [0.3, 0.4) is 0 Å². The van der Waals surface area contributed by atoms with Gasteiger partial charge in [0.15, 0.2) is 11.6 Å².